The smallest absolute Gasteiger partial charge is 0.256 e. The van der Waals surface area contributed by atoms with E-state index in [9.17, 15) is 0 Å². The minimum atomic E-state index is 0.286. The lowest BCUT2D eigenvalue weighted by molar-refractivity contribution is 0.0903. The van der Waals surface area contributed by atoms with Crippen LogP contribution in [-0.4, -0.2) is 40.8 Å². The number of hydrogen-bond acceptors (Lipinski definition) is 7. The summed E-state index contributed by atoms with van der Waals surface area (Å²) in [6.07, 6.45) is 2.74. The van der Waals surface area contributed by atoms with Crippen LogP contribution >= 0.6 is 0 Å². The summed E-state index contributed by atoms with van der Waals surface area (Å²) in [5.74, 6) is 1.49. The van der Waals surface area contributed by atoms with Crippen LogP contribution in [0, 0.1) is 6.92 Å². The van der Waals surface area contributed by atoms with Crippen LogP contribution < -0.4 is 10.1 Å². The van der Waals surface area contributed by atoms with E-state index in [1.54, 1.807) is 0 Å². The number of hydrogen-bond donors (Lipinski definition) is 1. The monoisotopic (exact) mass is 368 g/mol. The molecule has 0 aliphatic carbocycles. The summed E-state index contributed by atoms with van der Waals surface area (Å²) >= 11 is 0. The molecular formula is C20H24N4O3. The second-order valence-corrected chi connectivity index (χ2v) is 6.77. The summed E-state index contributed by atoms with van der Waals surface area (Å²) in [6.45, 7) is 6.16. The van der Waals surface area contributed by atoms with E-state index in [0.29, 0.717) is 35.6 Å². The van der Waals surface area contributed by atoms with Gasteiger partial charge in [-0.05, 0) is 38.3 Å². The van der Waals surface area contributed by atoms with Crippen LogP contribution in [0.4, 0.5) is 5.95 Å². The number of nitrogens with one attached hydrogen (secondary N) is 1. The molecule has 1 fully saturated rings. The molecule has 3 aromatic rings. The van der Waals surface area contributed by atoms with Crippen molar-refractivity contribution in [1.29, 1.82) is 0 Å². The maximum absolute atomic E-state index is 5.95. The first-order valence-corrected chi connectivity index (χ1v) is 9.45. The van der Waals surface area contributed by atoms with Crippen LogP contribution in [0.25, 0.3) is 22.7 Å². The maximum Gasteiger partial charge on any atom is 0.256 e. The maximum atomic E-state index is 5.95. The first kappa shape index (κ1) is 17.7. The van der Waals surface area contributed by atoms with Gasteiger partial charge in [-0.1, -0.05) is 24.6 Å². The topological polar surface area (TPSA) is 82.3 Å². The van der Waals surface area contributed by atoms with Crippen molar-refractivity contribution in [3.05, 3.63) is 29.8 Å². The Morgan fingerprint density at radius 3 is 2.81 bits per heavy atom. The Hall–Kier alpha value is -2.67. The Labute approximate surface area is 158 Å². The van der Waals surface area contributed by atoms with Gasteiger partial charge in [0.15, 0.2) is 5.52 Å². The Morgan fingerprint density at radius 1 is 1.19 bits per heavy atom. The van der Waals surface area contributed by atoms with Gasteiger partial charge in [-0.3, -0.25) is 0 Å². The normalized spacial score (nSPS) is 15.2. The van der Waals surface area contributed by atoms with Crippen molar-refractivity contribution in [3.63, 3.8) is 0 Å². The molecule has 1 N–H and O–H groups in total. The summed E-state index contributed by atoms with van der Waals surface area (Å²) in [7, 11) is 0. The number of fused-ring (bicyclic) bond motifs is 1. The Bertz CT molecular complexity index is 919. The second-order valence-electron chi connectivity index (χ2n) is 6.77. The number of anilines is 1. The molecule has 1 aromatic carbocycles. The molecule has 1 saturated heterocycles. The molecule has 0 bridgehead atoms. The van der Waals surface area contributed by atoms with Crippen LogP contribution in [0.5, 0.6) is 5.88 Å². The Kier molecular flexibility index (Phi) is 5.20. The lowest BCUT2D eigenvalue weighted by Gasteiger charge is -2.23. The largest absolute Gasteiger partial charge is 0.476 e. The molecule has 0 amide bonds. The van der Waals surface area contributed by atoms with Gasteiger partial charge in [0, 0.05) is 24.8 Å². The van der Waals surface area contributed by atoms with Crippen molar-refractivity contribution in [2.45, 2.75) is 39.2 Å². The average Bonchev–Trinajstić information content (AvgIpc) is 3.11. The Morgan fingerprint density at radius 2 is 2.04 bits per heavy atom. The van der Waals surface area contributed by atoms with Gasteiger partial charge in [0.2, 0.25) is 17.7 Å². The lowest BCUT2D eigenvalue weighted by Crippen LogP contribution is -2.28. The summed E-state index contributed by atoms with van der Waals surface area (Å²) in [4.78, 5) is 13.7. The van der Waals surface area contributed by atoms with Gasteiger partial charge in [0.1, 0.15) is 0 Å². The van der Waals surface area contributed by atoms with Crippen molar-refractivity contribution in [1.82, 2.24) is 15.0 Å². The van der Waals surface area contributed by atoms with Gasteiger partial charge in [-0.15, -0.1) is 0 Å². The average molecular weight is 368 g/mol. The number of ether oxygens (including phenoxy) is 2. The second kappa shape index (κ2) is 7.92. The number of benzene rings is 1. The molecule has 7 nitrogen and oxygen atoms in total. The molecule has 4 rings (SSSR count). The molecule has 0 atom stereocenters. The van der Waals surface area contributed by atoms with Crippen molar-refractivity contribution in [2.75, 3.05) is 25.1 Å². The zero-order valence-electron chi connectivity index (χ0n) is 15.7. The molecule has 27 heavy (non-hydrogen) atoms. The van der Waals surface area contributed by atoms with Crippen molar-refractivity contribution >= 4 is 17.2 Å². The molecule has 2 aromatic heterocycles. The van der Waals surface area contributed by atoms with E-state index in [0.717, 1.165) is 43.6 Å². The third-order valence-corrected chi connectivity index (χ3v) is 4.49. The van der Waals surface area contributed by atoms with Crippen molar-refractivity contribution in [2.24, 2.45) is 0 Å². The predicted molar refractivity (Wildman–Crippen MR) is 103 cm³/mol. The standard InChI is InChI=1S/C20H24N4O3/c1-3-9-26-18-16-19(24-20(23-18)21-15-7-10-25-11-8-15)27-17(22-16)14-6-4-5-13(2)12-14/h4-6,12,15H,3,7-11H2,1-2H3,(H,21,23,24). The summed E-state index contributed by atoms with van der Waals surface area (Å²) in [5, 5.41) is 3.38. The first-order chi connectivity index (χ1) is 13.2. The van der Waals surface area contributed by atoms with E-state index in [1.165, 1.54) is 0 Å². The third-order valence-electron chi connectivity index (χ3n) is 4.49. The highest BCUT2D eigenvalue weighted by Crippen LogP contribution is 2.30. The number of aromatic nitrogens is 3. The van der Waals surface area contributed by atoms with Crippen molar-refractivity contribution in [3.8, 4) is 17.3 Å². The highest BCUT2D eigenvalue weighted by molar-refractivity contribution is 5.78. The summed E-state index contributed by atoms with van der Waals surface area (Å²) < 4.78 is 17.2. The highest BCUT2D eigenvalue weighted by Gasteiger charge is 2.20. The van der Waals surface area contributed by atoms with Crippen LogP contribution in [0.15, 0.2) is 28.7 Å². The highest BCUT2D eigenvalue weighted by atomic mass is 16.5. The lowest BCUT2D eigenvalue weighted by atomic mass is 10.1. The molecule has 0 unspecified atom stereocenters. The van der Waals surface area contributed by atoms with Gasteiger partial charge in [-0.25, -0.2) is 4.98 Å². The van der Waals surface area contributed by atoms with E-state index in [4.69, 9.17) is 13.9 Å². The minimum absolute atomic E-state index is 0.286. The summed E-state index contributed by atoms with van der Waals surface area (Å²) in [5.41, 5.74) is 3.04. The van der Waals surface area contributed by atoms with Gasteiger partial charge < -0.3 is 19.2 Å². The Balaban J connectivity index is 1.70. The van der Waals surface area contributed by atoms with E-state index in [-0.39, 0.29) is 6.04 Å². The fourth-order valence-electron chi connectivity index (χ4n) is 3.09. The number of aryl methyl sites for hydroxylation is 1. The zero-order valence-corrected chi connectivity index (χ0v) is 15.7. The zero-order chi connectivity index (χ0) is 18.6. The number of oxazole rings is 1. The van der Waals surface area contributed by atoms with Crippen molar-refractivity contribution < 1.29 is 13.9 Å². The number of nitrogens with zero attached hydrogens (tertiary/aromatic N) is 3. The molecule has 0 saturated carbocycles. The van der Waals surface area contributed by atoms with Crippen LogP contribution in [0.2, 0.25) is 0 Å². The first-order valence-electron chi connectivity index (χ1n) is 9.45. The van der Waals surface area contributed by atoms with Crippen LogP contribution in [0.1, 0.15) is 31.7 Å². The van der Waals surface area contributed by atoms with E-state index < -0.39 is 0 Å². The van der Waals surface area contributed by atoms with E-state index in [1.807, 2.05) is 31.2 Å². The van der Waals surface area contributed by atoms with Gasteiger partial charge in [0.25, 0.3) is 5.71 Å². The molecular weight excluding hydrogens is 344 g/mol. The van der Waals surface area contributed by atoms with E-state index >= 15 is 0 Å². The van der Waals surface area contributed by atoms with Gasteiger partial charge in [-0.2, -0.15) is 9.97 Å². The quantitative estimate of drug-likeness (QED) is 0.705. The SMILES string of the molecule is CCCOc1nc(NC2CCOCC2)nc2oc(-c3cccc(C)c3)nc12. The van der Waals surface area contributed by atoms with Gasteiger partial charge >= 0.3 is 0 Å². The number of rotatable bonds is 6. The molecule has 142 valence electrons. The summed E-state index contributed by atoms with van der Waals surface area (Å²) in [6, 6.07) is 8.31. The molecule has 0 spiro atoms. The molecule has 1 aliphatic heterocycles. The molecule has 7 heteroatoms. The van der Waals surface area contributed by atoms with Gasteiger partial charge in [0.05, 0.1) is 6.61 Å². The molecule has 1 aliphatic rings. The fourth-order valence-corrected chi connectivity index (χ4v) is 3.09. The van der Waals surface area contributed by atoms with E-state index in [2.05, 4.69) is 27.2 Å². The predicted octanol–water partition coefficient (Wildman–Crippen LogP) is 3.97. The molecule has 3 heterocycles. The van der Waals surface area contributed by atoms with Crippen LogP contribution in [-0.2, 0) is 4.74 Å². The molecule has 0 radical (unpaired) electrons. The van der Waals surface area contributed by atoms with Crippen LogP contribution in [0.3, 0.4) is 0 Å². The minimum Gasteiger partial charge on any atom is -0.476 e. The third kappa shape index (κ3) is 4.03. The fraction of sp³-hybridized carbons (Fsp3) is 0.450.